The predicted octanol–water partition coefficient (Wildman–Crippen LogP) is 4.81. The van der Waals surface area contributed by atoms with Gasteiger partial charge >= 0.3 is 0 Å². The highest BCUT2D eigenvalue weighted by molar-refractivity contribution is 5.77. The number of carbonyl (C=O) groups is 1. The van der Waals surface area contributed by atoms with E-state index < -0.39 is 0 Å². The Labute approximate surface area is 200 Å². The van der Waals surface area contributed by atoms with Gasteiger partial charge in [-0.25, -0.2) is 4.98 Å². The number of amides is 1. The SMILES string of the molecule is COc1ccccc1OCCCn1c(CCNC(=O)CCc2ccccc2)nc2ccccc21. The fraction of sp³-hybridized carbons (Fsp3) is 0.286. The molecular weight excluding hydrogens is 426 g/mol. The van der Waals surface area contributed by atoms with E-state index in [-0.39, 0.29) is 5.91 Å². The number of imidazole rings is 1. The predicted molar refractivity (Wildman–Crippen MR) is 134 cm³/mol. The Morgan fingerprint density at radius 1 is 0.912 bits per heavy atom. The van der Waals surface area contributed by atoms with Crippen molar-refractivity contribution in [3.63, 3.8) is 0 Å². The van der Waals surface area contributed by atoms with Gasteiger partial charge in [0.15, 0.2) is 11.5 Å². The smallest absolute Gasteiger partial charge is 0.220 e. The van der Waals surface area contributed by atoms with Crippen LogP contribution >= 0.6 is 0 Å². The molecule has 0 fully saturated rings. The Morgan fingerprint density at radius 2 is 1.65 bits per heavy atom. The molecular formula is C28H31N3O3. The number of carbonyl (C=O) groups excluding carboxylic acids is 1. The summed E-state index contributed by atoms with van der Waals surface area (Å²) in [7, 11) is 1.65. The highest BCUT2D eigenvalue weighted by Crippen LogP contribution is 2.26. The number of benzene rings is 3. The summed E-state index contributed by atoms with van der Waals surface area (Å²) in [5.74, 6) is 2.52. The van der Waals surface area contributed by atoms with Gasteiger partial charge in [0.2, 0.25) is 5.91 Å². The lowest BCUT2D eigenvalue weighted by atomic mass is 10.1. The topological polar surface area (TPSA) is 65.4 Å². The molecule has 1 amide bonds. The van der Waals surface area contributed by atoms with E-state index in [2.05, 4.69) is 16.0 Å². The molecule has 34 heavy (non-hydrogen) atoms. The van der Waals surface area contributed by atoms with Crippen LogP contribution in [0.25, 0.3) is 11.0 Å². The number of aromatic nitrogens is 2. The van der Waals surface area contributed by atoms with Crippen LogP contribution < -0.4 is 14.8 Å². The second-order valence-electron chi connectivity index (χ2n) is 8.11. The number of nitrogens with one attached hydrogen (secondary N) is 1. The third-order valence-corrected chi connectivity index (χ3v) is 5.74. The average Bonchev–Trinajstić information content (AvgIpc) is 3.23. The van der Waals surface area contributed by atoms with Crippen molar-refractivity contribution in [2.45, 2.75) is 32.2 Å². The van der Waals surface area contributed by atoms with E-state index in [1.807, 2.05) is 72.8 Å². The summed E-state index contributed by atoms with van der Waals surface area (Å²) in [5.41, 5.74) is 3.25. The van der Waals surface area contributed by atoms with Crippen molar-refractivity contribution < 1.29 is 14.3 Å². The maximum atomic E-state index is 12.3. The van der Waals surface area contributed by atoms with E-state index in [0.717, 1.165) is 47.7 Å². The lowest BCUT2D eigenvalue weighted by molar-refractivity contribution is -0.121. The summed E-state index contributed by atoms with van der Waals surface area (Å²) < 4.78 is 13.5. The van der Waals surface area contributed by atoms with Crippen molar-refractivity contribution in [3.8, 4) is 11.5 Å². The van der Waals surface area contributed by atoms with Crippen molar-refractivity contribution >= 4 is 16.9 Å². The van der Waals surface area contributed by atoms with Gasteiger partial charge in [-0.2, -0.15) is 0 Å². The van der Waals surface area contributed by atoms with Crippen LogP contribution in [0, 0.1) is 0 Å². The van der Waals surface area contributed by atoms with E-state index in [0.29, 0.717) is 26.0 Å². The van der Waals surface area contributed by atoms with E-state index in [1.54, 1.807) is 7.11 Å². The molecule has 0 radical (unpaired) electrons. The molecule has 0 spiro atoms. The number of rotatable bonds is 12. The zero-order chi connectivity index (χ0) is 23.6. The monoisotopic (exact) mass is 457 g/mol. The fourth-order valence-electron chi connectivity index (χ4n) is 4.01. The van der Waals surface area contributed by atoms with Crippen molar-refractivity contribution in [3.05, 3.63) is 90.3 Å². The first kappa shape index (κ1) is 23.4. The van der Waals surface area contributed by atoms with Gasteiger partial charge in [0.05, 0.1) is 24.8 Å². The average molecular weight is 458 g/mol. The van der Waals surface area contributed by atoms with Crippen LogP contribution in [0.4, 0.5) is 0 Å². The van der Waals surface area contributed by atoms with Gasteiger partial charge in [-0.05, 0) is 42.7 Å². The number of hydrogen-bond donors (Lipinski definition) is 1. The Kier molecular flexibility index (Phi) is 8.17. The molecule has 0 atom stereocenters. The van der Waals surface area contributed by atoms with Gasteiger partial charge < -0.3 is 19.4 Å². The molecule has 0 aliphatic rings. The number of ether oxygens (including phenoxy) is 2. The summed E-state index contributed by atoms with van der Waals surface area (Å²) in [6.45, 7) is 1.92. The number of aryl methyl sites for hydroxylation is 2. The standard InChI is InChI=1S/C28H31N3O3/c1-33-25-14-7-8-15-26(25)34-21-9-20-31-24-13-6-5-12-23(24)30-27(31)18-19-29-28(32)17-16-22-10-3-2-4-11-22/h2-8,10-15H,9,16-21H2,1H3,(H,29,32). The van der Waals surface area contributed by atoms with E-state index in [9.17, 15) is 4.79 Å². The zero-order valence-electron chi connectivity index (χ0n) is 19.6. The van der Waals surface area contributed by atoms with Gasteiger partial charge in [-0.3, -0.25) is 4.79 Å². The largest absolute Gasteiger partial charge is 0.493 e. The van der Waals surface area contributed by atoms with Crippen molar-refractivity contribution in [2.75, 3.05) is 20.3 Å². The highest BCUT2D eigenvalue weighted by atomic mass is 16.5. The van der Waals surface area contributed by atoms with Crippen LogP contribution in [0.5, 0.6) is 11.5 Å². The van der Waals surface area contributed by atoms with Gasteiger partial charge in [0.25, 0.3) is 0 Å². The third-order valence-electron chi connectivity index (χ3n) is 5.74. The van der Waals surface area contributed by atoms with Crippen LogP contribution in [0.1, 0.15) is 24.2 Å². The minimum absolute atomic E-state index is 0.0664. The molecule has 0 unspecified atom stereocenters. The van der Waals surface area contributed by atoms with Crippen LogP contribution in [-0.2, 0) is 24.2 Å². The molecule has 1 heterocycles. The summed E-state index contributed by atoms with van der Waals surface area (Å²) >= 11 is 0. The van der Waals surface area contributed by atoms with Gasteiger partial charge in [0.1, 0.15) is 5.82 Å². The summed E-state index contributed by atoms with van der Waals surface area (Å²) in [6, 6.07) is 25.9. The van der Waals surface area contributed by atoms with E-state index in [1.165, 1.54) is 5.56 Å². The Morgan fingerprint density at radius 3 is 2.47 bits per heavy atom. The lowest BCUT2D eigenvalue weighted by Gasteiger charge is -2.12. The van der Waals surface area contributed by atoms with Gasteiger partial charge in [0, 0.05) is 25.9 Å². The summed E-state index contributed by atoms with van der Waals surface area (Å²) in [5, 5.41) is 3.04. The molecule has 0 aliphatic carbocycles. The molecule has 1 N–H and O–H groups in total. The van der Waals surface area contributed by atoms with Gasteiger partial charge in [-0.15, -0.1) is 0 Å². The Balaban J connectivity index is 1.31. The first-order valence-electron chi connectivity index (χ1n) is 11.7. The molecule has 0 saturated carbocycles. The first-order chi connectivity index (χ1) is 16.7. The Bertz CT molecular complexity index is 1200. The molecule has 0 aliphatic heterocycles. The molecule has 6 nitrogen and oxygen atoms in total. The maximum absolute atomic E-state index is 12.3. The van der Waals surface area contributed by atoms with Crippen LogP contribution in [0.3, 0.4) is 0 Å². The number of hydrogen-bond acceptors (Lipinski definition) is 4. The summed E-state index contributed by atoms with van der Waals surface area (Å²) in [6.07, 6.45) is 2.74. The quantitative estimate of drug-likeness (QED) is 0.310. The second-order valence-corrected chi connectivity index (χ2v) is 8.11. The molecule has 176 valence electrons. The normalized spacial score (nSPS) is 10.9. The minimum atomic E-state index is 0.0664. The van der Waals surface area contributed by atoms with Crippen LogP contribution in [0.2, 0.25) is 0 Å². The number of fused-ring (bicyclic) bond motifs is 1. The number of para-hydroxylation sites is 4. The molecule has 3 aromatic carbocycles. The third kappa shape index (κ3) is 6.16. The minimum Gasteiger partial charge on any atom is -0.493 e. The molecule has 4 rings (SSSR count). The van der Waals surface area contributed by atoms with Crippen LogP contribution in [-0.4, -0.2) is 35.7 Å². The highest BCUT2D eigenvalue weighted by Gasteiger charge is 2.11. The molecule has 0 saturated heterocycles. The number of nitrogens with zero attached hydrogens (tertiary/aromatic N) is 2. The maximum Gasteiger partial charge on any atom is 0.220 e. The van der Waals surface area contributed by atoms with Crippen molar-refractivity contribution in [1.82, 2.24) is 14.9 Å². The first-order valence-corrected chi connectivity index (χ1v) is 11.7. The summed E-state index contributed by atoms with van der Waals surface area (Å²) in [4.78, 5) is 17.1. The van der Waals surface area contributed by atoms with Crippen molar-refractivity contribution in [2.24, 2.45) is 0 Å². The van der Waals surface area contributed by atoms with E-state index >= 15 is 0 Å². The Hall–Kier alpha value is -3.80. The molecule has 1 aromatic heterocycles. The molecule has 4 aromatic rings. The number of methoxy groups -OCH3 is 1. The molecule has 6 heteroatoms. The second kappa shape index (κ2) is 11.9. The van der Waals surface area contributed by atoms with Crippen molar-refractivity contribution in [1.29, 1.82) is 0 Å². The fourth-order valence-corrected chi connectivity index (χ4v) is 4.01. The van der Waals surface area contributed by atoms with E-state index in [4.69, 9.17) is 14.5 Å². The lowest BCUT2D eigenvalue weighted by Crippen LogP contribution is -2.26. The van der Waals surface area contributed by atoms with Gasteiger partial charge in [-0.1, -0.05) is 54.6 Å². The molecule has 0 bridgehead atoms. The zero-order valence-corrected chi connectivity index (χ0v) is 19.6. The van der Waals surface area contributed by atoms with Crippen LogP contribution in [0.15, 0.2) is 78.9 Å².